The first-order chi connectivity index (χ1) is 10.5. The standard InChI is InChI=1S/C15H21N3O4S/c1-15(2,3)18-9-10(8-13(18)19)14(20)17-11-4-6-12(7-5-11)23(16,21)22/h4-7,10H,8-9H2,1-3H3,(H,17,20)(H2,16,21,22)/t10-/m0/s1. The minimum absolute atomic E-state index is 0.0227. The van der Waals surface area contributed by atoms with Crippen LogP contribution in [0.3, 0.4) is 0 Å². The van der Waals surface area contributed by atoms with Gasteiger partial charge in [-0.15, -0.1) is 0 Å². The molecule has 8 heteroatoms. The first kappa shape index (κ1) is 17.4. The summed E-state index contributed by atoms with van der Waals surface area (Å²) in [6.07, 6.45) is 0.179. The largest absolute Gasteiger partial charge is 0.337 e. The first-order valence-corrected chi connectivity index (χ1v) is 8.77. The van der Waals surface area contributed by atoms with Crippen molar-refractivity contribution in [3.05, 3.63) is 24.3 Å². The molecule has 2 rings (SSSR count). The van der Waals surface area contributed by atoms with Crippen molar-refractivity contribution < 1.29 is 18.0 Å². The van der Waals surface area contributed by atoms with Crippen molar-refractivity contribution in [2.75, 3.05) is 11.9 Å². The Labute approximate surface area is 135 Å². The number of amides is 2. The number of rotatable bonds is 3. The van der Waals surface area contributed by atoms with E-state index in [9.17, 15) is 18.0 Å². The number of nitrogens with zero attached hydrogens (tertiary/aromatic N) is 1. The maximum Gasteiger partial charge on any atom is 0.238 e. The Morgan fingerprint density at radius 3 is 2.26 bits per heavy atom. The number of likely N-dealkylation sites (tertiary alicyclic amines) is 1. The molecule has 1 aliphatic rings. The number of hydrogen-bond donors (Lipinski definition) is 2. The van der Waals surface area contributed by atoms with Crippen LogP contribution in [0.4, 0.5) is 5.69 Å². The van der Waals surface area contributed by atoms with Crippen LogP contribution in [0.1, 0.15) is 27.2 Å². The fraction of sp³-hybridized carbons (Fsp3) is 0.467. The Balaban J connectivity index is 2.04. The molecule has 1 atom stereocenters. The van der Waals surface area contributed by atoms with Gasteiger partial charge in [-0.1, -0.05) is 0 Å². The van der Waals surface area contributed by atoms with E-state index in [1.54, 1.807) is 4.90 Å². The number of carbonyl (C=O) groups is 2. The maximum absolute atomic E-state index is 12.3. The average molecular weight is 339 g/mol. The summed E-state index contributed by atoms with van der Waals surface area (Å²) in [4.78, 5) is 26.0. The number of sulfonamides is 1. The predicted molar refractivity (Wildman–Crippen MR) is 86.0 cm³/mol. The van der Waals surface area contributed by atoms with Crippen molar-refractivity contribution in [2.45, 2.75) is 37.6 Å². The van der Waals surface area contributed by atoms with E-state index in [4.69, 9.17) is 5.14 Å². The fourth-order valence-corrected chi connectivity index (χ4v) is 3.02. The van der Waals surface area contributed by atoms with Crippen molar-refractivity contribution in [2.24, 2.45) is 11.1 Å². The van der Waals surface area contributed by atoms with Crippen molar-refractivity contribution in [3.8, 4) is 0 Å². The van der Waals surface area contributed by atoms with Gasteiger partial charge in [0.2, 0.25) is 21.8 Å². The molecule has 23 heavy (non-hydrogen) atoms. The molecule has 1 fully saturated rings. The third kappa shape index (κ3) is 4.08. The predicted octanol–water partition coefficient (Wildman–Crippen LogP) is 0.920. The molecule has 1 heterocycles. The zero-order valence-corrected chi connectivity index (χ0v) is 14.2. The van der Waals surface area contributed by atoms with Crippen molar-refractivity contribution in [1.29, 1.82) is 0 Å². The van der Waals surface area contributed by atoms with Crippen LogP contribution in [0.2, 0.25) is 0 Å². The topological polar surface area (TPSA) is 110 Å². The van der Waals surface area contributed by atoms with Gasteiger partial charge in [0.25, 0.3) is 0 Å². The molecule has 0 aliphatic carbocycles. The van der Waals surface area contributed by atoms with Gasteiger partial charge in [0, 0.05) is 24.2 Å². The van der Waals surface area contributed by atoms with Crippen molar-refractivity contribution >= 4 is 27.5 Å². The fourth-order valence-electron chi connectivity index (χ4n) is 2.50. The van der Waals surface area contributed by atoms with E-state index in [0.717, 1.165) is 0 Å². The highest BCUT2D eigenvalue weighted by Crippen LogP contribution is 2.26. The lowest BCUT2D eigenvalue weighted by molar-refractivity contribution is -0.131. The summed E-state index contributed by atoms with van der Waals surface area (Å²) in [6.45, 7) is 6.16. The Morgan fingerprint density at radius 2 is 1.83 bits per heavy atom. The lowest BCUT2D eigenvalue weighted by atomic mass is 10.1. The molecule has 126 valence electrons. The van der Waals surface area contributed by atoms with E-state index in [-0.39, 0.29) is 28.7 Å². The number of carbonyl (C=O) groups excluding carboxylic acids is 2. The van der Waals surface area contributed by atoms with E-state index in [0.29, 0.717) is 12.2 Å². The van der Waals surface area contributed by atoms with E-state index < -0.39 is 15.9 Å². The van der Waals surface area contributed by atoms with Crippen LogP contribution in [0.25, 0.3) is 0 Å². The van der Waals surface area contributed by atoms with Crippen LogP contribution < -0.4 is 10.5 Å². The third-order valence-corrected chi connectivity index (χ3v) is 4.69. The summed E-state index contributed by atoms with van der Waals surface area (Å²) in [6, 6.07) is 5.59. The normalized spacial score (nSPS) is 19.0. The summed E-state index contributed by atoms with van der Waals surface area (Å²) < 4.78 is 22.4. The molecule has 0 unspecified atom stereocenters. The number of anilines is 1. The highest BCUT2D eigenvalue weighted by molar-refractivity contribution is 7.89. The van der Waals surface area contributed by atoms with Crippen LogP contribution in [0.15, 0.2) is 29.2 Å². The SMILES string of the molecule is CC(C)(C)N1C[C@@H](C(=O)Nc2ccc(S(N)(=O)=O)cc2)CC1=O. The van der Waals surface area contributed by atoms with Gasteiger partial charge in [0.05, 0.1) is 10.8 Å². The van der Waals surface area contributed by atoms with Gasteiger partial charge in [0.1, 0.15) is 0 Å². The molecular formula is C15H21N3O4S. The van der Waals surface area contributed by atoms with Crippen molar-refractivity contribution in [1.82, 2.24) is 4.90 Å². The first-order valence-electron chi connectivity index (χ1n) is 7.22. The minimum atomic E-state index is -3.76. The molecule has 3 N–H and O–H groups in total. The smallest absolute Gasteiger partial charge is 0.238 e. The van der Waals surface area contributed by atoms with Crippen LogP contribution in [-0.4, -0.2) is 37.2 Å². The highest BCUT2D eigenvalue weighted by Gasteiger charge is 2.39. The molecular weight excluding hydrogens is 318 g/mol. The van der Waals surface area contributed by atoms with Crippen molar-refractivity contribution in [3.63, 3.8) is 0 Å². The van der Waals surface area contributed by atoms with Gasteiger partial charge in [-0.25, -0.2) is 13.6 Å². The Bertz CT molecular complexity index is 720. The summed E-state index contributed by atoms with van der Waals surface area (Å²) in [5.74, 6) is -0.713. The maximum atomic E-state index is 12.3. The molecule has 0 saturated carbocycles. The minimum Gasteiger partial charge on any atom is -0.337 e. The Morgan fingerprint density at radius 1 is 1.26 bits per heavy atom. The zero-order chi connectivity index (χ0) is 17.4. The van der Waals surface area contributed by atoms with Gasteiger partial charge in [-0.2, -0.15) is 0 Å². The third-order valence-electron chi connectivity index (χ3n) is 3.76. The van der Waals surface area contributed by atoms with Crippen LogP contribution in [0.5, 0.6) is 0 Å². The number of nitrogens with one attached hydrogen (secondary N) is 1. The molecule has 0 radical (unpaired) electrons. The van der Waals surface area contributed by atoms with Gasteiger partial charge >= 0.3 is 0 Å². The lowest BCUT2D eigenvalue weighted by Gasteiger charge is -2.31. The van der Waals surface area contributed by atoms with Crippen LogP contribution in [0, 0.1) is 5.92 Å². The second-order valence-electron chi connectivity index (χ2n) is 6.63. The summed E-state index contributed by atoms with van der Waals surface area (Å²) in [5.41, 5.74) is 0.146. The molecule has 7 nitrogen and oxygen atoms in total. The average Bonchev–Trinajstić information content (AvgIpc) is 2.80. The quantitative estimate of drug-likeness (QED) is 0.853. The number of nitrogens with two attached hydrogens (primary N) is 1. The molecule has 1 aliphatic heterocycles. The van der Waals surface area contributed by atoms with Gasteiger partial charge in [0.15, 0.2) is 0 Å². The van der Waals surface area contributed by atoms with Gasteiger partial charge in [-0.05, 0) is 45.0 Å². The van der Waals surface area contributed by atoms with Gasteiger partial charge < -0.3 is 10.2 Å². The molecule has 1 aromatic carbocycles. The number of benzene rings is 1. The van der Waals surface area contributed by atoms with Gasteiger partial charge in [-0.3, -0.25) is 9.59 Å². The van der Waals surface area contributed by atoms with E-state index in [1.807, 2.05) is 20.8 Å². The molecule has 0 spiro atoms. The van der Waals surface area contributed by atoms with Crippen LogP contribution in [-0.2, 0) is 19.6 Å². The Hall–Kier alpha value is -1.93. The van der Waals surface area contributed by atoms with E-state index in [2.05, 4.69) is 5.32 Å². The zero-order valence-electron chi connectivity index (χ0n) is 13.4. The monoisotopic (exact) mass is 339 g/mol. The lowest BCUT2D eigenvalue weighted by Crippen LogP contribution is -2.42. The molecule has 1 saturated heterocycles. The van der Waals surface area contributed by atoms with E-state index >= 15 is 0 Å². The second kappa shape index (κ2) is 5.93. The molecule has 1 aromatic rings. The van der Waals surface area contributed by atoms with E-state index in [1.165, 1.54) is 24.3 Å². The molecule has 0 bridgehead atoms. The number of hydrogen-bond acceptors (Lipinski definition) is 4. The summed E-state index contributed by atoms with van der Waals surface area (Å²) in [5, 5.41) is 7.72. The Kier molecular flexibility index (Phi) is 4.50. The highest BCUT2D eigenvalue weighted by atomic mass is 32.2. The molecule has 0 aromatic heterocycles. The second-order valence-corrected chi connectivity index (χ2v) is 8.20. The summed E-state index contributed by atoms with van der Waals surface area (Å²) in [7, 11) is -3.76. The number of primary sulfonamides is 1. The van der Waals surface area contributed by atoms with Crippen LogP contribution >= 0.6 is 0 Å². The summed E-state index contributed by atoms with van der Waals surface area (Å²) >= 11 is 0. The molecule has 2 amide bonds.